The third-order valence-electron chi connectivity index (χ3n) is 5.57. The first-order valence-electron chi connectivity index (χ1n) is 11.1. The number of carbonyl (C=O) groups excluding carboxylic acids is 2. The van der Waals surface area contributed by atoms with E-state index in [-0.39, 0.29) is 24.2 Å². The van der Waals surface area contributed by atoms with Crippen molar-refractivity contribution in [2.24, 2.45) is 0 Å². The number of hydrogen-bond acceptors (Lipinski definition) is 3. The minimum absolute atomic E-state index is 0.198. The summed E-state index contributed by atoms with van der Waals surface area (Å²) in [6.07, 6.45) is 1.74. The van der Waals surface area contributed by atoms with Crippen LogP contribution < -0.4 is 5.32 Å². The average molecular weight is 491 g/mol. The van der Waals surface area contributed by atoms with Crippen LogP contribution in [0.3, 0.4) is 0 Å². The summed E-state index contributed by atoms with van der Waals surface area (Å²) in [6, 6.07) is 21.0. The van der Waals surface area contributed by atoms with Gasteiger partial charge >= 0.3 is 0 Å². The van der Waals surface area contributed by atoms with Gasteiger partial charge < -0.3 is 4.90 Å². The van der Waals surface area contributed by atoms with Gasteiger partial charge in [0.15, 0.2) is 0 Å². The molecule has 3 aromatic carbocycles. The van der Waals surface area contributed by atoms with Crippen LogP contribution in [-0.2, 0) is 4.79 Å². The number of halogens is 2. The Balaban J connectivity index is 1.62. The van der Waals surface area contributed by atoms with E-state index in [1.807, 2.05) is 30.3 Å². The van der Waals surface area contributed by atoms with Crippen LogP contribution in [-0.4, -0.2) is 39.4 Å². The summed E-state index contributed by atoms with van der Waals surface area (Å²) in [7, 11) is 0. The molecule has 8 heteroatoms. The minimum atomic E-state index is -0.439. The molecule has 0 radical (unpaired) electrons. The molecular weight excluding hydrogens is 467 g/mol. The molecule has 0 bridgehead atoms. The first kappa shape index (κ1) is 24.2. The number of aryl methyl sites for hydroxylation is 1. The van der Waals surface area contributed by atoms with Crippen molar-refractivity contribution in [3.05, 3.63) is 101 Å². The molecule has 0 aliphatic rings. The van der Waals surface area contributed by atoms with Gasteiger partial charge in [0.05, 0.1) is 22.0 Å². The molecule has 0 fully saturated rings. The van der Waals surface area contributed by atoms with Crippen molar-refractivity contribution in [2.45, 2.75) is 13.8 Å². The van der Waals surface area contributed by atoms with Crippen LogP contribution in [0.1, 0.15) is 22.8 Å². The van der Waals surface area contributed by atoms with E-state index in [0.717, 1.165) is 5.56 Å². The minimum Gasteiger partial charge on any atom is -0.330 e. The fourth-order valence-electron chi connectivity index (χ4n) is 3.61. The van der Waals surface area contributed by atoms with E-state index < -0.39 is 5.91 Å². The number of benzene rings is 3. The Morgan fingerprint density at radius 2 is 1.77 bits per heavy atom. The van der Waals surface area contributed by atoms with Crippen LogP contribution in [0.25, 0.3) is 16.9 Å². The second-order valence-corrected chi connectivity index (χ2v) is 8.37. The average Bonchev–Trinajstić information content (AvgIpc) is 3.28. The summed E-state index contributed by atoms with van der Waals surface area (Å²) in [4.78, 5) is 31.9. The summed E-state index contributed by atoms with van der Waals surface area (Å²) in [5, 5.41) is 3.10. The zero-order valence-electron chi connectivity index (χ0n) is 19.3. The van der Waals surface area contributed by atoms with Crippen LogP contribution in [0.2, 0.25) is 5.02 Å². The molecule has 2 amide bonds. The van der Waals surface area contributed by atoms with Gasteiger partial charge in [0.2, 0.25) is 11.9 Å². The normalized spacial score (nSPS) is 10.7. The molecule has 1 heterocycles. The summed E-state index contributed by atoms with van der Waals surface area (Å²) >= 11 is 6.17. The van der Waals surface area contributed by atoms with Gasteiger partial charge in [-0.25, -0.2) is 9.37 Å². The van der Waals surface area contributed by atoms with Gasteiger partial charge in [-0.15, -0.1) is 0 Å². The molecule has 0 spiro atoms. The van der Waals surface area contributed by atoms with E-state index in [2.05, 4.69) is 10.3 Å². The molecule has 0 saturated heterocycles. The maximum absolute atomic E-state index is 14.3. The summed E-state index contributed by atoms with van der Waals surface area (Å²) in [5.74, 6) is -0.927. The number of imidazole rings is 1. The Morgan fingerprint density at radius 3 is 2.46 bits per heavy atom. The number of amides is 2. The molecule has 0 unspecified atom stereocenters. The summed E-state index contributed by atoms with van der Waals surface area (Å²) in [5.41, 5.74) is 2.81. The Kier molecular flexibility index (Phi) is 7.27. The highest BCUT2D eigenvalue weighted by Crippen LogP contribution is 2.25. The summed E-state index contributed by atoms with van der Waals surface area (Å²) < 4.78 is 15.9. The lowest BCUT2D eigenvalue weighted by atomic mass is 10.2. The monoisotopic (exact) mass is 490 g/mol. The van der Waals surface area contributed by atoms with Crippen molar-refractivity contribution in [3.63, 3.8) is 0 Å². The van der Waals surface area contributed by atoms with Crippen molar-refractivity contribution in [3.8, 4) is 16.9 Å². The zero-order chi connectivity index (χ0) is 24.9. The zero-order valence-corrected chi connectivity index (χ0v) is 20.1. The van der Waals surface area contributed by atoms with E-state index in [1.165, 1.54) is 11.0 Å². The standard InChI is InChI=1S/C27H24ClFN4O2/c1-3-32(26(35)21-11-7-8-12-22(21)28)17-25(34)31-27-30-24(19-9-5-4-6-10-19)16-33(27)20-14-13-18(2)23(29)15-20/h4-16H,3,17H2,1-2H3,(H,30,31,34). The molecule has 1 aromatic heterocycles. The van der Waals surface area contributed by atoms with Gasteiger partial charge in [0, 0.05) is 18.3 Å². The molecule has 0 saturated carbocycles. The predicted molar refractivity (Wildman–Crippen MR) is 135 cm³/mol. The van der Waals surface area contributed by atoms with Crippen molar-refractivity contribution < 1.29 is 14.0 Å². The molecule has 0 aliphatic carbocycles. The smallest absolute Gasteiger partial charge is 0.255 e. The van der Waals surface area contributed by atoms with Crippen molar-refractivity contribution in [2.75, 3.05) is 18.4 Å². The van der Waals surface area contributed by atoms with Crippen LogP contribution in [0.5, 0.6) is 0 Å². The van der Waals surface area contributed by atoms with Crippen LogP contribution in [0, 0.1) is 12.7 Å². The fourth-order valence-corrected chi connectivity index (χ4v) is 3.83. The van der Waals surface area contributed by atoms with Gasteiger partial charge in [-0.3, -0.25) is 19.5 Å². The van der Waals surface area contributed by atoms with E-state index in [1.54, 1.807) is 61.0 Å². The molecule has 35 heavy (non-hydrogen) atoms. The topological polar surface area (TPSA) is 67.2 Å². The van der Waals surface area contributed by atoms with Crippen LogP contribution >= 0.6 is 11.6 Å². The molecule has 6 nitrogen and oxygen atoms in total. The third-order valence-corrected chi connectivity index (χ3v) is 5.90. The third kappa shape index (κ3) is 5.41. The molecule has 0 atom stereocenters. The highest BCUT2D eigenvalue weighted by atomic mass is 35.5. The number of hydrogen-bond donors (Lipinski definition) is 1. The lowest BCUT2D eigenvalue weighted by Gasteiger charge is -2.21. The highest BCUT2D eigenvalue weighted by molar-refractivity contribution is 6.33. The van der Waals surface area contributed by atoms with Crippen molar-refractivity contribution in [1.82, 2.24) is 14.5 Å². The van der Waals surface area contributed by atoms with Crippen molar-refractivity contribution >= 4 is 29.4 Å². The molecule has 1 N–H and O–H groups in total. The van der Waals surface area contributed by atoms with Crippen LogP contribution in [0.4, 0.5) is 10.3 Å². The van der Waals surface area contributed by atoms with Gasteiger partial charge in [0.25, 0.3) is 5.91 Å². The molecule has 0 aliphatic heterocycles. The number of nitrogens with zero attached hydrogens (tertiary/aromatic N) is 3. The maximum atomic E-state index is 14.3. The van der Waals surface area contributed by atoms with E-state index in [0.29, 0.717) is 34.1 Å². The Morgan fingerprint density at radius 1 is 1.06 bits per heavy atom. The SMILES string of the molecule is CCN(CC(=O)Nc1nc(-c2ccccc2)cn1-c1ccc(C)c(F)c1)C(=O)c1ccccc1Cl. The predicted octanol–water partition coefficient (Wildman–Crippen LogP) is 5.74. The lowest BCUT2D eigenvalue weighted by molar-refractivity contribution is -0.116. The van der Waals surface area contributed by atoms with E-state index in [4.69, 9.17) is 11.6 Å². The number of aromatic nitrogens is 2. The second-order valence-electron chi connectivity index (χ2n) is 7.97. The molecule has 4 rings (SSSR count). The Labute approximate surface area is 208 Å². The number of anilines is 1. The largest absolute Gasteiger partial charge is 0.330 e. The Bertz CT molecular complexity index is 1370. The molecule has 4 aromatic rings. The lowest BCUT2D eigenvalue weighted by Crippen LogP contribution is -2.38. The number of likely N-dealkylation sites (N-methyl/N-ethyl adjacent to an activating group) is 1. The van der Waals surface area contributed by atoms with Gasteiger partial charge in [-0.1, -0.05) is 60.1 Å². The van der Waals surface area contributed by atoms with Gasteiger partial charge in [0.1, 0.15) is 12.4 Å². The van der Waals surface area contributed by atoms with Gasteiger partial charge in [-0.05, 0) is 43.7 Å². The first-order valence-corrected chi connectivity index (χ1v) is 11.5. The number of nitrogens with one attached hydrogen (secondary N) is 1. The molecule has 178 valence electrons. The maximum Gasteiger partial charge on any atom is 0.255 e. The van der Waals surface area contributed by atoms with Crippen molar-refractivity contribution in [1.29, 1.82) is 0 Å². The van der Waals surface area contributed by atoms with E-state index in [9.17, 15) is 14.0 Å². The molecular formula is C27H24ClFN4O2. The van der Waals surface area contributed by atoms with Crippen LogP contribution in [0.15, 0.2) is 79.0 Å². The number of rotatable bonds is 7. The first-order chi connectivity index (χ1) is 16.9. The van der Waals surface area contributed by atoms with E-state index >= 15 is 0 Å². The number of carbonyl (C=O) groups is 2. The summed E-state index contributed by atoms with van der Waals surface area (Å²) in [6.45, 7) is 3.58. The van der Waals surface area contributed by atoms with Gasteiger partial charge in [-0.2, -0.15) is 0 Å². The fraction of sp³-hybridized carbons (Fsp3) is 0.148. The highest BCUT2D eigenvalue weighted by Gasteiger charge is 2.21. The quantitative estimate of drug-likeness (QED) is 0.359. The second kappa shape index (κ2) is 10.5. The Hall–Kier alpha value is -3.97.